The van der Waals surface area contributed by atoms with Gasteiger partial charge in [-0.05, 0) is 50.7 Å². The summed E-state index contributed by atoms with van der Waals surface area (Å²) in [7, 11) is 0. The Hall–Kier alpha value is -0.980. The van der Waals surface area contributed by atoms with E-state index in [1.807, 2.05) is 6.07 Å². The smallest absolute Gasteiger partial charge is 0.138 e. The summed E-state index contributed by atoms with van der Waals surface area (Å²) in [6, 6.07) is 8.26. The van der Waals surface area contributed by atoms with E-state index in [9.17, 15) is 0 Å². The molecular formula is C11H13IN4. The highest BCUT2D eigenvalue weighted by atomic mass is 127. The lowest BCUT2D eigenvalue weighted by Crippen LogP contribution is -2.00. The number of halogens is 1. The molecule has 5 heteroatoms. The van der Waals surface area contributed by atoms with E-state index in [2.05, 4.69) is 56.3 Å². The van der Waals surface area contributed by atoms with E-state index in [4.69, 9.17) is 0 Å². The maximum Gasteiger partial charge on any atom is 0.138 e. The quantitative estimate of drug-likeness (QED) is 0.796. The number of hydrogen-bond acceptors (Lipinski definition) is 3. The molecule has 16 heavy (non-hydrogen) atoms. The normalized spacial score (nSPS) is 12.8. The van der Waals surface area contributed by atoms with Gasteiger partial charge in [0.15, 0.2) is 0 Å². The van der Waals surface area contributed by atoms with E-state index in [1.165, 1.54) is 28.4 Å². The van der Waals surface area contributed by atoms with Crippen LogP contribution in [0.15, 0.2) is 30.6 Å². The summed E-state index contributed by atoms with van der Waals surface area (Å²) in [5, 5.41) is 10.9. The van der Waals surface area contributed by atoms with Crippen LogP contribution in [0.3, 0.4) is 0 Å². The fourth-order valence-corrected chi connectivity index (χ4v) is 1.68. The summed E-state index contributed by atoms with van der Waals surface area (Å²) in [6.07, 6.45) is 6.11. The predicted octanol–water partition coefficient (Wildman–Crippen LogP) is 2.50. The molecule has 1 aromatic heterocycles. The number of aromatic nitrogens is 4. The van der Waals surface area contributed by atoms with Gasteiger partial charge < -0.3 is 0 Å². The van der Waals surface area contributed by atoms with E-state index >= 15 is 0 Å². The van der Waals surface area contributed by atoms with Crippen molar-refractivity contribution < 1.29 is 0 Å². The van der Waals surface area contributed by atoms with Crippen LogP contribution in [-0.2, 0) is 6.54 Å². The van der Waals surface area contributed by atoms with Crippen LogP contribution in [0.25, 0.3) is 0 Å². The van der Waals surface area contributed by atoms with E-state index in [0.29, 0.717) is 0 Å². The van der Waals surface area contributed by atoms with Crippen LogP contribution in [0.5, 0.6) is 0 Å². The highest BCUT2D eigenvalue weighted by molar-refractivity contribution is 14.1. The predicted molar refractivity (Wildman–Crippen MR) is 69.9 cm³/mol. The van der Waals surface area contributed by atoms with E-state index in [-0.39, 0.29) is 0 Å². The molecule has 84 valence electrons. The second kappa shape index (κ2) is 5.93. The zero-order valence-corrected chi connectivity index (χ0v) is 11.0. The molecule has 1 aliphatic rings. The molecule has 0 saturated heterocycles. The van der Waals surface area contributed by atoms with Crippen LogP contribution in [-0.4, -0.2) is 20.2 Å². The summed E-state index contributed by atoms with van der Waals surface area (Å²) in [4.78, 5) is 0. The molecule has 4 nitrogen and oxygen atoms in total. The Labute approximate surface area is 108 Å². The van der Waals surface area contributed by atoms with Gasteiger partial charge in [-0.1, -0.05) is 31.4 Å². The number of tetrazole rings is 1. The summed E-state index contributed by atoms with van der Waals surface area (Å²) in [6.45, 7) is 0.726. The molecule has 0 spiro atoms. The van der Waals surface area contributed by atoms with Gasteiger partial charge in [0.2, 0.25) is 0 Å². The van der Waals surface area contributed by atoms with E-state index < -0.39 is 0 Å². The fraction of sp³-hybridized carbons (Fsp3) is 0.364. The third kappa shape index (κ3) is 4.26. The van der Waals surface area contributed by atoms with Gasteiger partial charge in [-0.25, -0.2) is 4.68 Å². The lowest BCUT2D eigenvalue weighted by atomic mass is 10.2. The maximum absolute atomic E-state index is 3.79. The molecule has 1 fully saturated rings. The Morgan fingerprint density at radius 2 is 2.06 bits per heavy atom. The van der Waals surface area contributed by atoms with E-state index in [0.717, 1.165) is 6.54 Å². The Balaban J connectivity index is 0.000000278. The minimum Gasteiger partial charge on any atom is -0.228 e. The van der Waals surface area contributed by atoms with Crippen molar-refractivity contribution >= 4 is 22.6 Å². The summed E-state index contributed by atoms with van der Waals surface area (Å²) in [5.74, 6) is 0. The third-order valence-corrected chi connectivity index (χ3v) is 2.65. The second-order valence-electron chi connectivity index (χ2n) is 3.70. The van der Waals surface area contributed by atoms with Crippen LogP contribution in [0, 0.1) is 3.57 Å². The molecule has 0 amide bonds. The number of benzene rings is 1. The molecule has 0 radical (unpaired) electrons. The van der Waals surface area contributed by atoms with Crippen LogP contribution >= 0.6 is 22.6 Å². The van der Waals surface area contributed by atoms with Crippen molar-refractivity contribution in [1.82, 2.24) is 20.2 Å². The molecule has 0 bridgehead atoms. The minimum absolute atomic E-state index is 0.726. The molecule has 1 heterocycles. The van der Waals surface area contributed by atoms with Gasteiger partial charge in [0.1, 0.15) is 6.33 Å². The molecule has 1 aliphatic carbocycles. The summed E-state index contributed by atoms with van der Waals surface area (Å²) in [5.41, 5.74) is 1.21. The van der Waals surface area contributed by atoms with Gasteiger partial charge in [0.05, 0.1) is 6.54 Å². The highest BCUT2D eigenvalue weighted by Gasteiger charge is 1.96. The third-order valence-electron chi connectivity index (χ3n) is 1.98. The van der Waals surface area contributed by atoms with Crippen molar-refractivity contribution in [3.63, 3.8) is 0 Å². The van der Waals surface area contributed by atoms with Crippen molar-refractivity contribution in [2.45, 2.75) is 25.8 Å². The minimum atomic E-state index is 0.726. The number of nitrogens with zero attached hydrogens (tertiary/aromatic N) is 4. The number of hydrogen-bond donors (Lipinski definition) is 0. The first-order valence-electron chi connectivity index (χ1n) is 5.30. The molecule has 2 aromatic rings. The first-order chi connectivity index (χ1) is 7.84. The zero-order chi connectivity index (χ0) is 11.2. The van der Waals surface area contributed by atoms with Gasteiger partial charge in [0.25, 0.3) is 0 Å². The molecule has 0 unspecified atom stereocenters. The van der Waals surface area contributed by atoms with Crippen molar-refractivity contribution in [1.29, 1.82) is 0 Å². The topological polar surface area (TPSA) is 43.6 Å². The Morgan fingerprint density at radius 1 is 1.25 bits per heavy atom. The fourth-order valence-electron chi connectivity index (χ4n) is 1.08. The molecule has 1 saturated carbocycles. The molecule has 1 aromatic carbocycles. The first kappa shape index (κ1) is 11.5. The second-order valence-corrected chi connectivity index (χ2v) is 4.94. The van der Waals surface area contributed by atoms with Crippen LogP contribution in [0.1, 0.15) is 24.8 Å². The monoisotopic (exact) mass is 328 g/mol. The van der Waals surface area contributed by atoms with Gasteiger partial charge in [-0.2, -0.15) is 0 Å². The van der Waals surface area contributed by atoms with Crippen LogP contribution < -0.4 is 0 Å². The van der Waals surface area contributed by atoms with Crippen molar-refractivity contribution in [2.75, 3.05) is 0 Å². The summed E-state index contributed by atoms with van der Waals surface area (Å²) < 4.78 is 2.92. The van der Waals surface area contributed by atoms with Crippen LogP contribution in [0.4, 0.5) is 0 Å². The molecule has 3 rings (SSSR count). The SMILES string of the molecule is C1CC1.Ic1cccc(Cn2cnnn2)c1. The van der Waals surface area contributed by atoms with Crippen LogP contribution in [0.2, 0.25) is 0 Å². The van der Waals surface area contributed by atoms with Crippen molar-refractivity contribution in [3.8, 4) is 0 Å². The average molecular weight is 328 g/mol. The first-order valence-corrected chi connectivity index (χ1v) is 6.38. The number of rotatable bonds is 2. The highest BCUT2D eigenvalue weighted by Crippen LogP contribution is 2.14. The van der Waals surface area contributed by atoms with Crippen molar-refractivity contribution in [2.24, 2.45) is 0 Å². The molecular weight excluding hydrogens is 315 g/mol. The molecule has 0 N–H and O–H groups in total. The molecule has 0 atom stereocenters. The lowest BCUT2D eigenvalue weighted by Gasteiger charge is -1.99. The van der Waals surface area contributed by atoms with Crippen molar-refractivity contribution in [3.05, 3.63) is 39.7 Å². The van der Waals surface area contributed by atoms with Gasteiger partial charge in [-0.3, -0.25) is 0 Å². The average Bonchev–Trinajstić information content (AvgIpc) is 3.07. The summed E-state index contributed by atoms with van der Waals surface area (Å²) >= 11 is 2.29. The Morgan fingerprint density at radius 3 is 2.62 bits per heavy atom. The maximum atomic E-state index is 3.79. The Kier molecular flexibility index (Phi) is 4.26. The zero-order valence-electron chi connectivity index (χ0n) is 8.88. The van der Waals surface area contributed by atoms with Gasteiger partial charge >= 0.3 is 0 Å². The largest absolute Gasteiger partial charge is 0.228 e. The van der Waals surface area contributed by atoms with Gasteiger partial charge in [-0.15, -0.1) is 5.10 Å². The standard InChI is InChI=1S/C8H7IN4.C3H6/c9-8-3-1-2-7(4-8)5-13-6-10-11-12-13;1-2-3-1/h1-4,6H,5H2;1-3H2. The molecule has 0 aliphatic heterocycles. The van der Waals surface area contributed by atoms with Gasteiger partial charge in [0, 0.05) is 3.57 Å². The lowest BCUT2D eigenvalue weighted by molar-refractivity contribution is 0.648. The Bertz CT molecular complexity index is 423. The van der Waals surface area contributed by atoms with E-state index in [1.54, 1.807) is 11.0 Å².